The number of ketones is 1. The smallest absolute Gasteiger partial charge is 0.186 e. The zero-order valence-corrected chi connectivity index (χ0v) is 17.0. The number of methoxy groups -OCH3 is 2. The lowest BCUT2D eigenvalue weighted by molar-refractivity contribution is 0.104. The second-order valence-electron chi connectivity index (χ2n) is 6.90. The third-order valence-corrected chi connectivity index (χ3v) is 5.15. The molecule has 0 radical (unpaired) electrons. The van der Waals surface area contributed by atoms with Crippen molar-refractivity contribution in [2.24, 2.45) is 0 Å². The Balaban J connectivity index is 1.80. The summed E-state index contributed by atoms with van der Waals surface area (Å²) in [6, 6.07) is 23.7. The van der Waals surface area contributed by atoms with E-state index in [-0.39, 0.29) is 5.78 Å². The Morgan fingerprint density at radius 2 is 1.23 bits per heavy atom. The largest absolute Gasteiger partial charge is 0.497 e. The summed E-state index contributed by atoms with van der Waals surface area (Å²) in [4.78, 5) is 12.2. The van der Waals surface area contributed by atoms with Gasteiger partial charge >= 0.3 is 0 Å². The molecule has 0 amide bonds. The summed E-state index contributed by atoms with van der Waals surface area (Å²) in [6.45, 7) is 0. The first-order valence-electron chi connectivity index (χ1n) is 9.72. The molecule has 0 atom stereocenters. The highest BCUT2D eigenvalue weighted by Crippen LogP contribution is 2.30. The summed E-state index contributed by atoms with van der Waals surface area (Å²) in [5.74, 6) is 1.67. The van der Waals surface area contributed by atoms with Gasteiger partial charge in [0, 0.05) is 5.56 Å². The van der Waals surface area contributed by atoms with Gasteiger partial charge in [0.05, 0.1) is 14.2 Å². The van der Waals surface area contributed by atoms with Crippen molar-refractivity contribution in [2.45, 2.75) is 0 Å². The van der Waals surface area contributed by atoms with Gasteiger partial charge in [0.1, 0.15) is 11.5 Å². The molecule has 0 fully saturated rings. The standard InChI is InChI=1S/C27H22O3/c1-29-22-13-7-19(8-14-22)24(20-9-15-23(30-2)16-10-20)17-11-21-12-18-27(28)26-6-4-3-5-25(21)26/h3-18H,1-2H3/b21-11+. The van der Waals surface area contributed by atoms with E-state index < -0.39 is 0 Å². The first-order chi connectivity index (χ1) is 14.7. The molecule has 0 saturated heterocycles. The maximum absolute atomic E-state index is 12.2. The van der Waals surface area contributed by atoms with E-state index in [1.165, 1.54) is 0 Å². The summed E-state index contributed by atoms with van der Waals surface area (Å²) in [5, 5.41) is 0. The summed E-state index contributed by atoms with van der Waals surface area (Å²) in [6.07, 6.45) is 7.66. The minimum Gasteiger partial charge on any atom is -0.497 e. The summed E-state index contributed by atoms with van der Waals surface area (Å²) >= 11 is 0. The number of rotatable bonds is 5. The van der Waals surface area contributed by atoms with Gasteiger partial charge in [-0.25, -0.2) is 0 Å². The molecule has 0 unspecified atom stereocenters. The van der Waals surface area contributed by atoms with E-state index in [1.807, 2.05) is 78.9 Å². The minimum atomic E-state index is 0.0391. The molecule has 3 heteroatoms. The van der Waals surface area contributed by atoms with Crippen LogP contribution in [0.25, 0.3) is 11.1 Å². The fourth-order valence-electron chi connectivity index (χ4n) is 3.51. The first-order valence-corrected chi connectivity index (χ1v) is 9.72. The number of ether oxygens (including phenoxy) is 2. The highest BCUT2D eigenvalue weighted by atomic mass is 16.5. The van der Waals surface area contributed by atoms with Gasteiger partial charge in [-0.1, -0.05) is 66.8 Å². The summed E-state index contributed by atoms with van der Waals surface area (Å²) in [7, 11) is 3.32. The Hall–Kier alpha value is -3.85. The Labute approximate surface area is 176 Å². The second-order valence-corrected chi connectivity index (χ2v) is 6.90. The van der Waals surface area contributed by atoms with Gasteiger partial charge in [-0.3, -0.25) is 4.79 Å². The number of allylic oxidation sites excluding steroid dienone is 5. The van der Waals surface area contributed by atoms with Crippen LogP contribution in [-0.2, 0) is 0 Å². The molecule has 1 aliphatic rings. The number of benzene rings is 3. The molecule has 0 N–H and O–H groups in total. The molecule has 148 valence electrons. The molecule has 30 heavy (non-hydrogen) atoms. The van der Waals surface area contributed by atoms with Crippen LogP contribution >= 0.6 is 0 Å². The molecule has 0 aliphatic heterocycles. The van der Waals surface area contributed by atoms with Crippen molar-refractivity contribution in [1.82, 2.24) is 0 Å². The van der Waals surface area contributed by atoms with E-state index in [1.54, 1.807) is 20.3 Å². The SMILES string of the molecule is COc1ccc(C(=C/C=C2\C=CC(=O)c3ccccc32)c2ccc(OC)cc2)cc1. The van der Waals surface area contributed by atoms with Crippen LogP contribution in [0.2, 0.25) is 0 Å². The number of fused-ring (bicyclic) bond motifs is 1. The highest BCUT2D eigenvalue weighted by molar-refractivity contribution is 6.12. The van der Waals surface area contributed by atoms with Crippen LogP contribution in [-0.4, -0.2) is 20.0 Å². The van der Waals surface area contributed by atoms with E-state index in [9.17, 15) is 4.79 Å². The Morgan fingerprint density at radius 1 is 0.700 bits per heavy atom. The zero-order chi connectivity index (χ0) is 20.9. The van der Waals surface area contributed by atoms with Crippen molar-refractivity contribution in [1.29, 1.82) is 0 Å². The fraction of sp³-hybridized carbons (Fsp3) is 0.0741. The van der Waals surface area contributed by atoms with Gasteiger partial charge < -0.3 is 9.47 Å². The monoisotopic (exact) mass is 394 g/mol. The quantitative estimate of drug-likeness (QED) is 0.535. The lowest BCUT2D eigenvalue weighted by atomic mass is 9.90. The average molecular weight is 394 g/mol. The van der Waals surface area contributed by atoms with E-state index in [0.717, 1.165) is 44.9 Å². The van der Waals surface area contributed by atoms with Gasteiger partial charge in [-0.2, -0.15) is 0 Å². The van der Waals surface area contributed by atoms with Crippen molar-refractivity contribution >= 4 is 16.9 Å². The Morgan fingerprint density at radius 3 is 1.77 bits per heavy atom. The van der Waals surface area contributed by atoms with Crippen LogP contribution in [0.3, 0.4) is 0 Å². The molecule has 0 heterocycles. The van der Waals surface area contributed by atoms with Crippen LogP contribution in [0.1, 0.15) is 27.0 Å². The normalized spacial score (nSPS) is 13.7. The van der Waals surface area contributed by atoms with Crippen molar-refractivity contribution < 1.29 is 14.3 Å². The minimum absolute atomic E-state index is 0.0391. The third-order valence-electron chi connectivity index (χ3n) is 5.15. The van der Waals surface area contributed by atoms with E-state index >= 15 is 0 Å². The van der Waals surface area contributed by atoms with Crippen LogP contribution in [0.5, 0.6) is 11.5 Å². The van der Waals surface area contributed by atoms with Crippen LogP contribution < -0.4 is 9.47 Å². The molecule has 3 nitrogen and oxygen atoms in total. The van der Waals surface area contributed by atoms with Crippen LogP contribution in [0.15, 0.2) is 97.1 Å². The average Bonchev–Trinajstić information content (AvgIpc) is 2.81. The van der Waals surface area contributed by atoms with Gasteiger partial charge in [0.25, 0.3) is 0 Å². The highest BCUT2D eigenvalue weighted by Gasteiger charge is 2.15. The van der Waals surface area contributed by atoms with Crippen molar-refractivity contribution in [3.63, 3.8) is 0 Å². The predicted molar refractivity (Wildman–Crippen MR) is 121 cm³/mol. The van der Waals surface area contributed by atoms with E-state index in [4.69, 9.17) is 9.47 Å². The molecule has 4 rings (SSSR count). The van der Waals surface area contributed by atoms with Gasteiger partial charge in [-0.05, 0) is 58.2 Å². The van der Waals surface area contributed by atoms with Crippen molar-refractivity contribution in [3.05, 3.63) is 119 Å². The summed E-state index contributed by atoms with van der Waals surface area (Å²) < 4.78 is 10.6. The predicted octanol–water partition coefficient (Wildman–Crippen LogP) is 5.97. The molecule has 3 aromatic carbocycles. The van der Waals surface area contributed by atoms with Crippen LogP contribution in [0.4, 0.5) is 0 Å². The Kier molecular flexibility index (Phi) is 5.62. The third kappa shape index (κ3) is 3.96. The maximum atomic E-state index is 12.2. The molecule has 3 aromatic rings. The van der Waals surface area contributed by atoms with Crippen molar-refractivity contribution in [2.75, 3.05) is 14.2 Å². The molecular weight excluding hydrogens is 372 g/mol. The topological polar surface area (TPSA) is 35.5 Å². The molecule has 0 aromatic heterocycles. The molecule has 1 aliphatic carbocycles. The Bertz CT molecular complexity index is 1100. The number of hydrogen-bond donors (Lipinski definition) is 0. The van der Waals surface area contributed by atoms with Crippen LogP contribution in [0, 0.1) is 0 Å². The first kappa shape index (κ1) is 19.5. The van der Waals surface area contributed by atoms with Gasteiger partial charge in [0.2, 0.25) is 0 Å². The molecule has 0 saturated carbocycles. The van der Waals surface area contributed by atoms with E-state index in [0.29, 0.717) is 0 Å². The lowest BCUT2D eigenvalue weighted by Crippen LogP contribution is -2.04. The second kappa shape index (κ2) is 8.66. The molecule has 0 spiro atoms. The number of hydrogen-bond acceptors (Lipinski definition) is 3. The number of carbonyl (C=O) groups is 1. The van der Waals surface area contributed by atoms with E-state index in [2.05, 4.69) is 12.2 Å². The summed E-state index contributed by atoms with van der Waals surface area (Å²) in [5.41, 5.74) is 5.89. The van der Waals surface area contributed by atoms with Gasteiger partial charge in [-0.15, -0.1) is 0 Å². The number of carbonyl (C=O) groups excluding carboxylic acids is 1. The molecular formula is C27H22O3. The van der Waals surface area contributed by atoms with Crippen molar-refractivity contribution in [3.8, 4) is 11.5 Å². The maximum Gasteiger partial charge on any atom is 0.186 e. The van der Waals surface area contributed by atoms with Gasteiger partial charge in [0.15, 0.2) is 5.78 Å². The molecule has 0 bridgehead atoms. The zero-order valence-electron chi connectivity index (χ0n) is 17.0. The fourth-order valence-corrected chi connectivity index (χ4v) is 3.51. The lowest BCUT2D eigenvalue weighted by Gasteiger charge is -2.13.